The molecule has 0 saturated carbocycles. The topological polar surface area (TPSA) is 104 Å². The Morgan fingerprint density at radius 1 is 1.67 bits per heavy atom. The van der Waals surface area contributed by atoms with Crippen molar-refractivity contribution >= 4 is 5.69 Å². The maximum atomic E-state index is 11.4. The molecule has 0 spiro atoms. The van der Waals surface area contributed by atoms with Crippen LogP contribution in [0.5, 0.6) is 0 Å². The number of hydrogen-bond acceptors (Lipinski definition) is 5. The quantitative estimate of drug-likeness (QED) is 0.554. The molecule has 0 fully saturated rings. The fraction of sp³-hybridized carbons (Fsp3) is 0.500. The summed E-state index contributed by atoms with van der Waals surface area (Å²) in [6.07, 6.45) is 2.09. The van der Waals surface area contributed by atoms with Gasteiger partial charge in [0.05, 0.1) is 16.7 Å². The van der Waals surface area contributed by atoms with Crippen molar-refractivity contribution in [3.63, 3.8) is 0 Å². The van der Waals surface area contributed by atoms with Crippen LogP contribution < -0.4 is 11.4 Å². The Morgan fingerprint density at radius 2 is 2.27 bits per heavy atom. The van der Waals surface area contributed by atoms with E-state index in [9.17, 15) is 14.9 Å². The van der Waals surface area contributed by atoms with Gasteiger partial charge in [0.2, 0.25) is 0 Å². The average molecular weight is 212 g/mol. The molecule has 0 atom stereocenters. The third-order valence-corrected chi connectivity index (χ3v) is 2.14. The van der Waals surface area contributed by atoms with Crippen LogP contribution in [-0.4, -0.2) is 21.0 Å². The molecule has 82 valence electrons. The van der Waals surface area contributed by atoms with Crippen LogP contribution in [0.25, 0.3) is 0 Å². The van der Waals surface area contributed by atoms with E-state index in [1.807, 2.05) is 0 Å². The second kappa shape index (κ2) is 3.77. The van der Waals surface area contributed by atoms with E-state index >= 15 is 0 Å². The highest BCUT2D eigenvalue weighted by molar-refractivity contribution is 5.21. The molecule has 0 aliphatic carbocycles. The summed E-state index contributed by atoms with van der Waals surface area (Å²) in [5, 5.41) is 10.5. The first-order valence-electron chi connectivity index (χ1n) is 4.32. The monoisotopic (exact) mass is 212 g/mol. The zero-order valence-corrected chi connectivity index (χ0v) is 8.51. The summed E-state index contributed by atoms with van der Waals surface area (Å²) >= 11 is 0. The first-order valence-corrected chi connectivity index (χ1v) is 4.32. The highest BCUT2D eigenvalue weighted by atomic mass is 16.6. The molecule has 1 rings (SSSR count). The zero-order chi connectivity index (χ0) is 11.6. The van der Waals surface area contributed by atoms with Crippen molar-refractivity contribution in [3.8, 4) is 0 Å². The van der Waals surface area contributed by atoms with Gasteiger partial charge in [-0.3, -0.25) is 14.7 Å². The highest BCUT2D eigenvalue weighted by Crippen LogP contribution is 2.13. The lowest BCUT2D eigenvalue weighted by atomic mass is 10.1. The molecular weight excluding hydrogens is 200 g/mol. The Balaban J connectivity index is 3.35. The molecular formula is C8H12N4O3. The van der Waals surface area contributed by atoms with Crippen LogP contribution in [0.4, 0.5) is 5.69 Å². The summed E-state index contributed by atoms with van der Waals surface area (Å²) in [5.41, 5.74) is 4.02. The average Bonchev–Trinajstić information content (AvgIpc) is 2.17. The second-order valence-electron chi connectivity index (χ2n) is 3.74. The van der Waals surface area contributed by atoms with Gasteiger partial charge in [-0.15, -0.1) is 0 Å². The van der Waals surface area contributed by atoms with Gasteiger partial charge in [0.1, 0.15) is 6.20 Å². The first-order chi connectivity index (χ1) is 6.88. The molecule has 0 amide bonds. The minimum atomic E-state index is -0.684. The van der Waals surface area contributed by atoms with E-state index in [1.54, 1.807) is 13.8 Å². The van der Waals surface area contributed by atoms with Crippen molar-refractivity contribution in [2.75, 3.05) is 6.54 Å². The van der Waals surface area contributed by atoms with Crippen LogP contribution in [0.2, 0.25) is 0 Å². The molecule has 2 N–H and O–H groups in total. The molecule has 1 aromatic rings. The lowest BCUT2D eigenvalue weighted by Gasteiger charge is -2.24. The first kappa shape index (κ1) is 11.3. The molecule has 0 aromatic carbocycles. The van der Waals surface area contributed by atoms with Crippen LogP contribution in [-0.2, 0) is 5.54 Å². The number of aromatic nitrogens is 2. The Bertz CT molecular complexity index is 438. The Hall–Kier alpha value is -1.76. The van der Waals surface area contributed by atoms with Gasteiger partial charge in [0, 0.05) is 6.54 Å². The number of rotatable bonds is 3. The molecule has 7 heteroatoms. The Morgan fingerprint density at radius 3 is 2.73 bits per heavy atom. The van der Waals surface area contributed by atoms with E-state index in [-0.39, 0.29) is 12.2 Å². The lowest BCUT2D eigenvalue weighted by molar-refractivity contribution is -0.385. The smallest absolute Gasteiger partial charge is 0.328 e. The van der Waals surface area contributed by atoms with E-state index in [2.05, 4.69) is 4.98 Å². The fourth-order valence-electron chi connectivity index (χ4n) is 1.03. The standard InChI is InChI=1S/C8H12N4O3/c1-8(2,5-9)11-4-6(12(14)15)3-10-7(11)13/h3-4H,5,9H2,1-2H3. The number of nitrogens with zero attached hydrogens (tertiary/aromatic N) is 3. The Labute approximate surface area is 85.7 Å². The van der Waals surface area contributed by atoms with Gasteiger partial charge < -0.3 is 5.73 Å². The molecule has 7 nitrogen and oxygen atoms in total. The molecule has 1 heterocycles. The third kappa shape index (κ3) is 2.18. The van der Waals surface area contributed by atoms with Crippen LogP contribution in [0.15, 0.2) is 17.2 Å². The highest BCUT2D eigenvalue weighted by Gasteiger charge is 2.22. The third-order valence-electron chi connectivity index (χ3n) is 2.14. The summed E-state index contributed by atoms with van der Waals surface area (Å²) in [7, 11) is 0. The second-order valence-corrected chi connectivity index (χ2v) is 3.74. The summed E-state index contributed by atoms with van der Waals surface area (Å²) in [5.74, 6) is 0. The van der Waals surface area contributed by atoms with Gasteiger partial charge in [-0.2, -0.15) is 4.98 Å². The molecule has 0 aliphatic rings. The van der Waals surface area contributed by atoms with Crippen molar-refractivity contribution in [2.24, 2.45) is 5.73 Å². The molecule has 0 aliphatic heterocycles. The van der Waals surface area contributed by atoms with Gasteiger partial charge in [-0.25, -0.2) is 4.79 Å². The number of hydrogen-bond donors (Lipinski definition) is 1. The van der Waals surface area contributed by atoms with Crippen LogP contribution in [0.1, 0.15) is 13.8 Å². The minimum Gasteiger partial charge on any atom is -0.328 e. The predicted octanol–water partition coefficient (Wildman–Crippen LogP) is -0.155. The minimum absolute atomic E-state index is 0.190. The molecule has 1 aromatic heterocycles. The van der Waals surface area contributed by atoms with Crippen molar-refractivity contribution in [1.82, 2.24) is 9.55 Å². The summed E-state index contributed by atoms with van der Waals surface area (Å²) in [6.45, 7) is 3.61. The lowest BCUT2D eigenvalue weighted by Crippen LogP contribution is -2.42. The van der Waals surface area contributed by atoms with Crippen LogP contribution in [0.3, 0.4) is 0 Å². The van der Waals surface area contributed by atoms with Gasteiger partial charge >= 0.3 is 11.4 Å². The van der Waals surface area contributed by atoms with E-state index in [0.717, 1.165) is 12.4 Å². The van der Waals surface area contributed by atoms with Gasteiger partial charge in [-0.1, -0.05) is 0 Å². The largest absolute Gasteiger partial charge is 0.348 e. The molecule has 15 heavy (non-hydrogen) atoms. The fourth-order valence-corrected chi connectivity index (χ4v) is 1.03. The van der Waals surface area contributed by atoms with Crippen molar-refractivity contribution in [2.45, 2.75) is 19.4 Å². The van der Waals surface area contributed by atoms with Gasteiger partial charge in [0.15, 0.2) is 0 Å². The normalized spacial score (nSPS) is 11.4. The maximum Gasteiger partial charge on any atom is 0.348 e. The van der Waals surface area contributed by atoms with Crippen molar-refractivity contribution in [3.05, 3.63) is 33.0 Å². The zero-order valence-electron chi connectivity index (χ0n) is 8.51. The molecule has 0 bridgehead atoms. The van der Waals surface area contributed by atoms with Crippen LogP contribution in [0, 0.1) is 10.1 Å². The van der Waals surface area contributed by atoms with Crippen LogP contribution >= 0.6 is 0 Å². The summed E-state index contributed by atoms with van der Waals surface area (Å²) in [4.78, 5) is 24.7. The van der Waals surface area contributed by atoms with E-state index in [1.165, 1.54) is 4.57 Å². The van der Waals surface area contributed by atoms with E-state index in [4.69, 9.17) is 5.73 Å². The molecule has 0 unspecified atom stereocenters. The maximum absolute atomic E-state index is 11.4. The predicted molar refractivity (Wildman–Crippen MR) is 53.5 cm³/mol. The molecule has 0 saturated heterocycles. The Kier molecular flexibility index (Phi) is 2.85. The summed E-state index contributed by atoms with van der Waals surface area (Å²) < 4.78 is 1.17. The van der Waals surface area contributed by atoms with Crippen molar-refractivity contribution in [1.29, 1.82) is 0 Å². The van der Waals surface area contributed by atoms with Gasteiger partial charge in [-0.05, 0) is 13.8 Å². The number of nitrogens with two attached hydrogens (primary N) is 1. The van der Waals surface area contributed by atoms with Crippen molar-refractivity contribution < 1.29 is 4.92 Å². The number of nitro groups is 1. The van der Waals surface area contributed by atoms with E-state index in [0.29, 0.717) is 0 Å². The molecule has 0 radical (unpaired) electrons. The van der Waals surface area contributed by atoms with Gasteiger partial charge in [0.25, 0.3) is 0 Å². The SMILES string of the molecule is CC(C)(CN)n1cc([N+](=O)[O-])cnc1=O. The van der Waals surface area contributed by atoms with E-state index < -0.39 is 16.2 Å². The summed E-state index contributed by atoms with van der Waals surface area (Å²) in [6, 6.07) is 0.